The number of nitrogens with zero attached hydrogens (tertiary/aromatic N) is 2. The number of anilines is 3. The van der Waals surface area contributed by atoms with Crippen molar-refractivity contribution < 1.29 is 48.0 Å². The van der Waals surface area contributed by atoms with Gasteiger partial charge in [0.1, 0.15) is 50.0 Å². The summed E-state index contributed by atoms with van der Waals surface area (Å²) in [6, 6.07) is 16.0. The Morgan fingerprint density at radius 1 is 0.672 bits per heavy atom. The molecule has 0 atom stereocenters. The second kappa shape index (κ2) is 26.6. The minimum atomic E-state index is -0.449. The van der Waals surface area contributed by atoms with Gasteiger partial charge in [-0.2, -0.15) is 0 Å². The van der Waals surface area contributed by atoms with E-state index in [-0.39, 0.29) is 17.7 Å². The van der Waals surface area contributed by atoms with Crippen LogP contribution in [0.25, 0.3) is 0 Å². The molecule has 3 aromatic carbocycles. The predicted octanol–water partition coefficient (Wildman–Crippen LogP) is 7.77. The smallest absolute Gasteiger partial charge is 0.337 e. The number of ether oxygens (including phenoxy) is 5. The summed E-state index contributed by atoms with van der Waals surface area (Å²) in [4.78, 5) is 48.5. The molecule has 3 heterocycles. The summed E-state index contributed by atoms with van der Waals surface area (Å²) >= 11 is 0. The van der Waals surface area contributed by atoms with E-state index < -0.39 is 6.61 Å². The van der Waals surface area contributed by atoms with Crippen molar-refractivity contribution >= 4 is 41.1 Å². The number of carbonyl (C=O) groups excluding carboxylic acids is 4. The molecule has 3 aliphatic heterocycles. The molecule has 13 heteroatoms. The fourth-order valence-electron chi connectivity index (χ4n) is 6.30. The van der Waals surface area contributed by atoms with Gasteiger partial charge in [0, 0.05) is 31.6 Å². The van der Waals surface area contributed by atoms with Crippen molar-refractivity contribution in [1.82, 2.24) is 0 Å². The lowest BCUT2D eigenvalue weighted by Gasteiger charge is -2.31. The number of esters is 2. The van der Waals surface area contributed by atoms with Crippen LogP contribution in [-0.4, -0.2) is 102 Å². The SMILES string of the molecule is CCCCC=O.CCCCCN1CCOc2ccc(C(=O)CO)cc21.CCCCCN1CCOc2ccc(C(=O)OC)cc21.COC(=O)c1ccc2c(c1)NCCO2. The van der Waals surface area contributed by atoms with Gasteiger partial charge in [0.15, 0.2) is 5.78 Å². The van der Waals surface area contributed by atoms with Crippen LogP contribution in [0.1, 0.15) is 110 Å². The number of rotatable bonds is 15. The quantitative estimate of drug-likeness (QED) is 0.0667. The van der Waals surface area contributed by atoms with Gasteiger partial charge >= 0.3 is 11.9 Å². The van der Waals surface area contributed by atoms with Gasteiger partial charge in [0.25, 0.3) is 0 Å². The van der Waals surface area contributed by atoms with Crippen LogP contribution in [0.15, 0.2) is 54.6 Å². The van der Waals surface area contributed by atoms with E-state index in [2.05, 4.69) is 40.6 Å². The molecule has 318 valence electrons. The number of methoxy groups -OCH3 is 2. The molecule has 0 fully saturated rings. The van der Waals surface area contributed by atoms with Gasteiger partial charge in [-0.3, -0.25) is 4.79 Å². The molecule has 0 spiro atoms. The third-order valence-corrected chi connectivity index (χ3v) is 9.54. The summed E-state index contributed by atoms with van der Waals surface area (Å²) in [6.45, 7) is 12.5. The van der Waals surface area contributed by atoms with Crippen LogP contribution in [0.3, 0.4) is 0 Å². The highest BCUT2D eigenvalue weighted by atomic mass is 16.5. The molecule has 0 saturated heterocycles. The van der Waals surface area contributed by atoms with Gasteiger partial charge < -0.3 is 48.7 Å². The third-order valence-electron chi connectivity index (χ3n) is 9.54. The van der Waals surface area contributed by atoms with Gasteiger partial charge in [0.05, 0.1) is 55.5 Å². The zero-order valence-corrected chi connectivity index (χ0v) is 35.0. The number of fused-ring (bicyclic) bond motifs is 3. The fraction of sp³-hybridized carbons (Fsp3) is 0.511. The lowest BCUT2D eigenvalue weighted by Crippen LogP contribution is -2.33. The van der Waals surface area contributed by atoms with Crippen molar-refractivity contribution in [1.29, 1.82) is 0 Å². The molecule has 0 unspecified atom stereocenters. The summed E-state index contributed by atoms with van der Waals surface area (Å²) < 4.78 is 26.0. The van der Waals surface area contributed by atoms with E-state index in [1.54, 1.807) is 30.3 Å². The number of ketones is 1. The first-order chi connectivity index (χ1) is 28.2. The summed E-state index contributed by atoms with van der Waals surface area (Å²) in [7, 11) is 2.77. The van der Waals surface area contributed by atoms with Gasteiger partial charge in [-0.1, -0.05) is 52.9 Å². The molecular weight excluding hydrogens is 743 g/mol. The first kappa shape index (κ1) is 47.1. The molecule has 6 rings (SSSR count). The molecule has 3 aromatic rings. The lowest BCUT2D eigenvalue weighted by atomic mass is 10.1. The predicted molar refractivity (Wildman–Crippen MR) is 227 cm³/mol. The second-order valence-electron chi connectivity index (χ2n) is 13.8. The van der Waals surface area contributed by atoms with Crippen LogP contribution >= 0.6 is 0 Å². The Balaban J connectivity index is 0.000000219. The number of unbranched alkanes of at least 4 members (excludes halogenated alkanes) is 6. The van der Waals surface area contributed by atoms with Crippen LogP contribution in [0.4, 0.5) is 17.1 Å². The van der Waals surface area contributed by atoms with Crippen LogP contribution in [-0.2, 0) is 14.3 Å². The van der Waals surface area contributed by atoms with E-state index in [9.17, 15) is 19.2 Å². The molecule has 13 nitrogen and oxygen atoms in total. The monoisotopic (exact) mass is 805 g/mol. The second-order valence-corrected chi connectivity index (χ2v) is 13.8. The number of hydrogen-bond acceptors (Lipinski definition) is 13. The van der Waals surface area contributed by atoms with Gasteiger partial charge in [0.2, 0.25) is 0 Å². The lowest BCUT2D eigenvalue weighted by molar-refractivity contribution is -0.107. The maximum Gasteiger partial charge on any atom is 0.337 e. The number of nitrogens with one attached hydrogen (secondary N) is 1. The van der Waals surface area contributed by atoms with Crippen molar-refractivity contribution in [2.45, 2.75) is 78.6 Å². The highest BCUT2D eigenvalue weighted by Crippen LogP contribution is 2.34. The van der Waals surface area contributed by atoms with E-state index in [0.717, 1.165) is 99.0 Å². The van der Waals surface area contributed by atoms with E-state index in [0.29, 0.717) is 36.5 Å². The van der Waals surface area contributed by atoms with Crippen molar-refractivity contribution in [2.24, 2.45) is 0 Å². The topological polar surface area (TPSA) is 153 Å². The average molecular weight is 806 g/mol. The maximum atomic E-state index is 11.6. The Hall–Kier alpha value is -5.30. The van der Waals surface area contributed by atoms with E-state index in [4.69, 9.17) is 24.1 Å². The van der Waals surface area contributed by atoms with Crippen LogP contribution < -0.4 is 29.3 Å². The molecule has 0 bridgehead atoms. The minimum Gasteiger partial charge on any atom is -0.490 e. The van der Waals surface area contributed by atoms with Gasteiger partial charge in [-0.05, 0) is 73.9 Å². The first-order valence-corrected chi connectivity index (χ1v) is 20.5. The number of aliphatic hydroxyl groups is 1. The van der Waals surface area contributed by atoms with Crippen molar-refractivity contribution in [3.63, 3.8) is 0 Å². The normalized spacial score (nSPS) is 13.1. The largest absolute Gasteiger partial charge is 0.490 e. The summed E-state index contributed by atoms with van der Waals surface area (Å²) in [5.74, 6) is 1.58. The van der Waals surface area contributed by atoms with Crippen molar-refractivity contribution in [2.75, 3.05) is 88.5 Å². The Kier molecular flexibility index (Phi) is 21.6. The van der Waals surface area contributed by atoms with Crippen LogP contribution in [0.2, 0.25) is 0 Å². The number of Topliss-reactive ketones (excluding diaryl/α,β-unsaturated/α-hetero) is 1. The Labute approximate surface area is 343 Å². The zero-order chi connectivity index (χ0) is 42.1. The molecule has 0 saturated carbocycles. The maximum absolute atomic E-state index is 11.6. The van der Waals surface area contributed by atoms with Crippen LogP contribution in [0.5, 0.6) is 17.2 Å². The zero-order valence-electron chi connectivity index (χ0n) is 35.0. The van der Waals surface area contributed by atoms with Gasteiger partial charge in [-0.25, -0.2) is 9.59 Å². The molecule has 0 aromatic heterocycles. The standard InChI is InChI=1S/2C15H21NO3.C10H11NO3.C5H10O/c1-3-4-5-8-16-9-10-19-14-7-6-12(11-13(14)16)15(17)18-2;1-2-3-4-7-16-8-9-19-15-6-5-12(10-13(15)16)14(18)11-17;1-13-10(12)7-2-3-9-8(6-7)11-4-5-14-9;1-2-3-4-5-6/h6-7,11H,3-5,8-10H2,1-2H3;5-6,10,17H,2-4,7-9,11H2,1H3;2-3,6,11H,4-5H2,1H3;5H,2-4H2,1H3. The van der Waals surface area contributed by atoms with E-state index in [1.807, 2.05) is 24.3 Å². The van der Waals surface area contributed by atoms with Crippen molar-refractivity contribution in [3.05, 3.63) is 71.3 Å². The average Bonchev–Trinajstić information content (AvgIpc) is 3.28. The van der Waals surface area contributed by atoms with E-state index in [1.165, 1.54) is 46.3 Å². The van der Waals surface area contributed by atoms with E-state index >= 15 is 0 Å². The number of hydrogen-bond donors (Lipinski definition) is 2. The molecule has 3 aliphatic rings. The molecule has 0 radical (unpaired) electrons. The Bertz CT molecular complexity index is 1650. The Morgan fingerprint density at radius 3 is 1.64 bits per heavy atom. The number of benzene rings is 3. The third kappa shape index (κ3) is 14.9. The number of aliphatic hydroxyl groups excluding tert-OH is 1. The molecule has 0 amide bonds. The number of aldehydes is 1. The summed E-state index contributed by atoms with van der Waals surface area (Å²) in [6.07, 6.45) is 11.0. The first-order valence-electron chi connectivity index (χ1n) is 20.5. The minimum absolute atomic E-state index is 0.248. The van der Waals surface area contributed by atoms with Crippen molar-refractivity contribution in [3.8, 4) is 17.2 Å². The van der Waals surface area contributed by atoms with Gasteiger partial charge in [-0.15, -0.1) is 0 Å². The summed E-state index contributed by atoms with van der Waals surface area (Å²) in [5.41, 5.74) is 4.48. The molecule has 2 N–H and O–H groups in total. The van der Waals surface area contributed by atoms with Crippen LogP contribution in [0, 0.1) is 0 Å². The highest BCUT2D eigenvalue weighted by molar-refractivity contribution is 5.98. The number of carbonyl (C=O) groups is 4. The highest BCUT2D eigenvalue weighted by Gasteiger charge is 2.21. The molecule has 58 heavy (non-hydrogen) atoms. The summed E-state index contributed by atoms with van der Waals surface area (Å²) in [5, 5.41) is 12.1. The molecular formula is C45H63N3O10. The Morgan fingerprint density at radius 2 is 1.16 bits per heavy atom. The fourth-order valence-corrected chi connectivity index (χ4v) is 6.30. The molecule has 0 aliphatic carbocycles.